The minimum Gasteiger partial charge on any atom is -0.456 e. The van der Waals surface area contributed by atoms with Crippen LogP contribution in [0.4, 0.5) is 0 Å². The second-order valence-electron chi connectivity index (χ2n) is 6.71. The average molecular weight is 250 g/mol. The third kappa shape index (κ3) is 1.08. The molecule has 3 aromatic rings. The number of rotatable bonds is 0. The van der Waals surface area contributed by atoms with E-state index in [4.69, 9.17) is 4.42 Å². The summed E-state index contributed by atoms with van der Waals surface area (Å²) in [6, 6.07) is 12.7. The molecular formula is C18H18O. The van der Waals surface area contributed by atoms with Gasteiger partial charge < -0.3 is 4.42 Å². The van der Waals surface area contributed by atoms with E-state index in [0.717, 1.165) is 11.2 Å². The monoisotopic (exact) mass is 250 g/mol. The third-order valence-corrected chi connectivity index (χ3v) is 5.40. The fraction of sp³-hybridized carbons (Fsp3) is 0.333. The van der Waals surface area contributed by atoms with Crippen LogP contribution in [0.2, 0.25) is 0 Å². The van der Waals surface area contributed by atoms with Gasteiger partial charge in [0.15, 0.2) is 0 Å². The molecule has 4 rings (SSSR count). The van der Waals surface area contributed by atoms with Crippen molar-refractivity contribution < 1.29 is 4.42 Å². The van der Waals surface area contributed by atoms with E-state index in [1.807, 2.05) is 6.07 Å². The molecule has 1 heterocycles. The highest BCUT2D eigenvalue weighted by Gasteiger charge is 2.52. The van der Waals surface area contributed by atoms with Crippen LogP contribution in [0.25, 0.3) is 21.9 Å². The topological polar surface area (TPSA) is 13.1 Å². The largest absolute Gasteiger partial charge is 0.456 e. The van der Waals surface area contributed by atoms with Gasteiger partial charge in [0.25, 0.3) is 0 Å². The first-order valence-electron chi connectivity index (χ1n) is 6.90. The molecule has 1 nitrogen and oxygen atoms in total. The number of furan rings is 1. The quantitative estimate of drug-likeness (QED) is 0.537. The molecule has 2 aromatic carbocycles. The second kappa shape index (κ2) is 3.04. The van der Waals surface area contributed by atoms with Crippen LogP contribution in [0.3, 0.4) is 0 Å². The standard InChI is InChI=1S/C18H18O/c1-17(2)12-9-10-14-15(16(12)18(17,3)4)11-7-5-6-8-13(11)19-14/h5-10H,1-4H3. The molecule has 0 radical (unpaired) electrons. The molecular weight excluding hydrogens is 232 g/mol. The molecule has 0 N–H and O–H groups in total. The Hall–Kier alpha value is -1.76. The maximum absolute atomic E-state index is 5.98. The second-order valence-corrected chi connectivity index (χ2v) is 6.71. The van der Waals surface area contributed by atoms with Crippen molar-refractivity contribution in [3.63, 3.8) is 0 Å². The fourth-order valence-electron chi connectivity index (χ4n) is 3.57. The summed E-state index contributed by atoms with van der Waals surface area (Å²) in [4.78, 5) is 0. The van der Waals surface area contributed by atoms with Crippen LogP contribution >= 0.6 is 0 Å². The first kappa shape index (κ1) is 11.1. The third-order valence-electron chi connectivity index (χ3n) is 5.40. The molecule has 1 heteroatoms. The predicted octanol–water partition coefficient (Wildman–Crippen LogP) is 5.15. The van der Waals surface area contributed by atoms with Crippen LogP contribution in [0, 0.1) is 0 Å². The Kier molecular flexibility index (Phi) is 1.77. The van der Waals surface area contributed by atoms with Crippen LogP contribution in [0.5, 0.6) is 0 Å². The number of hydrogen-bond donors (Lipinski definition) is 0. The van der Waals surface area contributed by atoms with Gasteiger partial charge in [-0.1, -0.05) is 52.0 Å². The van der Waals surface area contributed by atoms with Crippen molar-refractivity contribution in [2.45, 2.75) is 38.5 Å². The van der Waals surface area contributed by atoms with Crippen molar-refractivity contribution in [2.75, 3.05) is 0 Å². The summed E-state index contributed by atoms with van der Waals surface area (Å²) in [6.45, 7) is 9.36. The maximum atomic E-state index is 5.98. The Bertz CT molecular complexity index is 818. The molecule has 0 saturated heterocycles. The van der Waals surface area contributed by atoms with Crippen molar-refractivity contribution in [3.05, 3.63) is 47.5 Å². The molecule has 1 aliphatic rings. The molecule has 0 atom stereocenters. The van der Waals surface area contributed by atoms with E-state index in [0.29, 0.717) is 0 Å². The maximum Gasteiger partial charge on any atom is 0.135 e. The molecule has 96 valence electrons. The normalized spacial score (nSPS) is 19.4. The van der Waals surface area contributed by atoms with Gasteiger partial charge in [0.05, 0.1) is 0 Å². The number of fused-ring (bicyclic) bond motifs is 5. The fourth-order valence-corrected chi connectivity index (χ4v) is 3.57. The summed E-state index contributed by atoms with van der Waals surface area (Å²) in [5.41, 5.74) is 5.37. The van der Waals surface area contributed by atoms with Crippen LogP contribution in [-0.2, 0) is 10.8 Å². The zero-order chi connectivity index (χ0) is 13.4. The van der Waals surface area contributed by atoms with Gasteiger partial charge in [0.2, 0.25) is 0 Å². The van der Waals surface area contributed by atoms with Crippen LogP contribution in [-0.4, -0.2) is 0 Å². The van der Waals surface area contributed by atoms with E-state index >= 15 is 0 Å². The van der Waals surface area contributed by atoms with E-state index in [1.165, 1.54) is 21.9 Å². The summed E-state index contributed by atoms with van der Waals surface area (Å²) in [7, 11) is 0. The zero-order valence-corrected chi connectivity index (χ0v) is 11.9. The Morgan fingerprint density at radius 1 is 0.789 bits per heavy atom. The van der Waals surface area contributed by atoms with Gasteiger partial charge in [-0.25, -0.2) is 0 Å². The van der Waals surface area contributed by atoms with Crippen LogP contribution in [0.15, 0.2) is 40.8 Å². The predicted molar refractivity (Wildman–Crippen MR) is 79.8 cm³/mol. The first-order valence-corrected chi connectivity index (χ1v) is 6.90. The molecule has 0 saturated carbocycles. The van der Waals surface area contributed by atoms with Gasteiger partial charge in [-0.05, 0) is 34.1 Å². The van der Waals surface area contributed by atoms with Crippen LogP contribution in [0.1, 0.15) is 38.8 Å². The molecule has 1 aromatic heterocycles. The van der Waals surface area contributed by atoms with E-state index in [9.17, 15) is 0 Å². The van der Waals surface area contributed by atoms with Gasteiger partial charge in [0, 0.05) is 10.8 Å². The van der Waals surface area contributed by atoms with Crippen LogP contribution < -0.4 is 0 Å². The summed E-state index contributed by atoms with van der Waals surface area (Å²) < 4.78 is 5.98. The number of para-hydroxylation sites is 1. The molecule has 0 bridgehead atoms. The van der Waals surface area contributed by atoms with Gasteiger partial charge in [-0.15, -0.1) is 0 Å². The van der Waals surface area contributed by atoms with Gasteiger partial charge in [-0.2, -0.15) is 0 Å². The zero-order valence-electron chi connectivity index (χ0n) is 11.9. The molecule has 1 aliphatic carbocycles. The highest BCUT2D eigenvalue weighted by Crippen LogP contribution is 2.58. The molecule has 0 fully saturated rings. The van der Waals surface area contributed by atoms with Crippen molar-refractivity contribution in [2.24, 2.45) is 0 Å². The lowest BCUT2D eigenvalue weighted by atomic mass is 9.49. The first-order chi connectivity index (χ1) is 8.94. The van der Waals surface area contributed by atoms with Gasteiger partial charge in [-0.3, -0.25) is 0 Å². The molecule has 19 heavy (non-hydrogen) atoms. The Balaban J connectivity index is 2.23. The van der Waals surface area contributed by atoms with Gasteiger partial charge in [0.1, 0.15) is 11.2 Å². The lowest BCUT2D eigenvalue weighted by Gasteiger charge is -2.54. The van der Waals surface area contributed by atoms with Crippen molar-refractivity contribution in [3.8, 4) is 0 Å². The van der Waals surface area contributed by atoms with Gasteiger partial charge >= 0.3 is 0 Å². The van der Waals surface area contributed by atoms with Crippen molar-refractivity contribution >= 4 is 21.9 Å². The van der Waals surface area contributed by atoms with Crippen molar-refractivity contribution in [1.82, 2.24) is 0 Å². The highest BCUT2D eigenvalue weighted by atomic mass is 16.3. The lowest BCUT2D eigenvalue weighted by Crippen LogP contribution is -2.50. The van der Waals surface area contributed by atoms with E-state index < -0.39 is 0 Å². The summed E-state index contributed by atoms with van der Waals surface area (Å²) in [5.74, 6) is 0. The molecule has 0 unspecified atom stereocenters. The Morgan fingerprint density at radius 3 is 2.32 bits per heavy atom. The Labute approximate surface area is 113 Å². The summed E-state index contributed by atoms with van der Waals surface area (Å²) in [5, 5.41) is 2.57. The van der Waals surface area contributed by atoms with Crippen molar-refractivity contribution in [1.29, 1.82) is 0 Å². The molecule has 0 spiro atoms. The minimum absolute atomic E-state index is 0.189. The Morgan fingerprint density at radius 2 is 1.53 bits per heavy atom. The highest BCUT2D eigenvalue weighted by molar-refractivity contribution is 6.08. The van der Waals surface area contributed by atoms with E-state index in [1.54, 1.807) is 0 Å². The lowest BCUT2D eigenvalue weighted by molar-refractivity contribution is 0.245. The average Bonchev–Trinajstić information content (AvgIpc) is 2.75. The molecule has 0 amide bonds. The number of hydrogen-bond acceptors (Lipinski definition) is 1. The molecule has 0 aliphatic heterocycles. The van der Waals surface area contributed by atoms with E-state index in [2.05, 4.69) is 58.0 Å². The smallest absolute Gasteiger partial charge is 0.135 e. The minimum atomic E-state index is 0.189. The summed E-state index contributed by atoms with van der Waals surface area (Å²) >= 11 is 0. The van der Waals surface area contributed by atoms with E-state index in [-0.39, 0.29) is 10.8 Å². The number of benzene rings is 2. The SMILES string of the molecule is CC1(C)c2ccc3oc4ccccc4c3c2C1(C)C. The summed E-state index contributed by atoms with van der Waals surface area (Å²) in [6.07, 6.45) is 0.